The summed E-state index contributed by atoms with van der Waals surface area (Å²) in [6.07, 6.45) is 3.14. The smallest absolute Gasteiger partial charge is 0.278 e. The van der Waals surface area contributed by atoms with Crippen LogP contribution in [0.1, 0.15) is 5.69 Å². The van der Waals surface area contributed by atoms with E-state index in [2.05, 4.69) is 15.0 Å². The number of aryl methyl sites for hydroxylation is 2. The summed E-state index contributed by atoms with van der Waals surface area (Å²) in [6, 6.07) is 0. The summed E-state index contributed by atoms with van der Waals surface area (Å²) in [4.78, 5) is 23.2. The molecule has 0 spiro atoms. The first-order valence-corrected chi connectivity index (χ1v) is 3.84. The topological polar surface area (TPSA) is 60.7 Å². The highest BCUT2D eigenvalue weighted by Crippen LogP contribution is 2.06. The van der Waals surface area contributed by atoms with Crippen molar-refractivity contribution in [2.75, 3.05) is 0 Å². The molecule has 2 aromatic rings. The molecule has 0 aliphatic rings. The van der Waals surface area contributed by atoms with Crippen molar-refractivity contribution in [1.29, 1.82) is 0 Å². The minimum Gasteiger partial charge on any atom is -0.278 e. The number of nitrogens with zero attached hydrogens (tertiary/aromatic N) is 4. The highest BCUT2D eigenvalue weighted by molar-refractivity contribution is 5.71. The van der Waals surface area contributed by atoms with Crippen LogP contribution in [0, 0.1) is 6.92 Å². The average molecular weight is 176 g/mol. The molecule has 0 N–H and O–H groups in total. The molecule has 0 aliphatic heterocycles. The number of hydrogen-bond donors (Lipinski definition) is 0. The summed E-state index contributed by atoms with van der Waals surface area (Å²) in [5.74, 6) is 0. The minimum atomic E-state index is -0.300. The summed E-state index contributed by atoms with van der Waals surface area (Å²) < 4.78 is 1.38. The third-order valence-electron chi connectivity index (χ3n) is 1.89. The standard InChI is InChI=1S/C8H8N4O/c1-5-6-7(10-4-3-9-6)12(2)8(13)11-5/h3-4H,1-2H3. The van der Waals surface area contributed by atoms with Crippen LogP contribution < -0.4 is 5.69 Å². The van der Waals surface area contributed by atoms with Crippen LogP contribution in [0.15, 0.2) is 17.2 Å². The molecule has 2 rings (SSSR count). The fourth-order valence-electron chi connectivity index (χ4n) is 1.19. The number of hydrogen-bond acceptors (Lipinski definition) is 4. The Labute approximate surface area is 74.1 Å². The maximum atomic E-state index is 11.2. The Morgan fingerprint density at radius 2 is 2.00 bits per heavy atom. The van der Waals surface area contributed by atoms with E-state index in [4.69, 9.17) is 0 Å². The quantitative estimate of drug-likeness (QED) is 0.568. The van der Waals surface area contributed by atoms with Crippen molar-refractivity contribution in [3.63, 3.8) is 0 Å². The van der Waals surface area contributed by atoms with Crippen molar-refractivity contribution < 1.29 is 0 Å². The lowest BCUT2D eigenvalue weighted by Crippen LogP contribution is -2.22. The van der Waals surface area contributed by atoms with Crippen LogP contribution in [0.4, 0.5) is 0 Å². The molecule has 0 aromatic carbocycles. The minimum absolute atomic E-state index is 0.300. The van der Waals surface area contributed by atoms with Gasteiger partial charge in [0.2, 0.25) is 0 Å². The van der Waals surface area contributed by atoms with Crippen LogP contribution >= 0.6 is 0 Å². The molecule has 0 radical (unpaired) electrons. The van der Waals surface area contributed by atoms with Crippen LogP contribution in [-0.2, 0) is 7.05 Å². The Morgan fingerprint density at radius 1 is 1.31 bits per heavy atom. The van der Waals surface area contributed by atoms with E-state index in [1.54, 1.807) is 26.4 Å². The third-order valence-corrected chi connectivity index (χ3v) is 1.89. The van der Waals surface area contributed by atoms with Gasteiger partial charge in [-0.15, -0.1) is 0 Å². The molecule has 0 fully saturated rings. The zero-order chi connectivity index (χ0) is 9.42. The molecular formula is C8H8N4O. The van der Waals surface area contributed by atoms with Gasteiger partial charge in [-0.3, -0.25) is 4.57 Å². The van der Waals surface area contributed by atoms with Crippen molar-refractivity contribution in [3.8, 4) is 0 Å². The van der Waals surface area contributed by atoms with E-state index in [1.165, 1.54) is 4.57 Å². The lowest BCUT2D eigenvalue weighted by molar-refractivity contribution is 0.823. The van der Waals surface area contributed by atoms with E-state index in [0.29, 0.717) is 16.9 Å². The molecule has 0 saturated heterocycles. The molecule has 0 amide bonds. The molecule has 0 atom stereocenters. The molecule has 0 bridgehead atoms. The number of fused-ring (bicyclic) bond motifs is 1. The monoisotopic (exact) mass is 176 g/mol. The Bertz CT molecular complexity index is 517. The van der Waals surface area contributed by atoms with Crippen molar-refractivity contribution >= 4 is 11.2 Å². The van der Waals surface area contributed by atoms with Crippen LogP contribution in [0.5, 0.6) is 0 Å². The van der Waals surface area contributed by atoms with E-state index >= 15 is 0 Å². The van der Waals surface area contributed by atoms with Gasteiger partial charge in [0, 0.05) is 19.4 Å². The predicted octanol–water partition coefficient (Wildman–Crippen LogP) is 0.0319. The first-order valence-electron chi connectivity index (χ1n) is 3.84. The molecule has 0 unspecified atom stereocenters. The van der Waals surface area contributed by atoms with Gasteiger partial charge in [-0.25, -0.2) is 14.8 Å². The van der Waals surface area contributed by atoms with Crippen LogP contribution in [0.3, 0.4) is 0 Å². The van der Waals surface area contributed by atoms with E-state index in [9.17, 15) is 4.79 Å². The highest BCUT2D eigenvalue weighted by atomic mass is 16.1. The molecule has 2 aromatic heterocycles. The molecule has 0 saturated carbocycles. The predicted molar refractivity (Wildman–Crippen MR) is 47.3 cm³/mol. The molecule has 66 valence electrons. The maximum absolute atomic E-state index is 11.2. The Balaban J connectivity index is 3.06. The highest BCUT2D eigenvalue weighted by Gasteiger charge is 2.05. The zero-order valence-corrected chi connectivity index (χ0v) is 7.35. The number of aromatic nitrogens is 4. The normalized spacial score (nSPS) is 10.6. The Morgan fingerprint density at radius 3 is 2.77 bits per heavy atom. The van der Waals surface area contributed by atoms with Gasteiger partial charge < -0.3 is 0 Å². The van der Waals surface area contributed by atoms with Gasteiger partial charge in [-0.1, -0.05) is 0 Å². The van der Waals surface area contributed by atoms with Crippen LogP contribution in [-0.4, -0.2) is 19.5 Å². The van der Waals surface area contributed by atoms with Gasteiger partial charge in [-0.2, -0.15) is 4.98 Å². The molecule has 5 heteroatoms. The SMILES string of the molecule is Cc1nc(=O)n(C)c2nccnc12. The van der Waals surface area contributed by atoms with Gasteiger partial charge in [0.25, 0.3) is 0 Å². The van der Waals surface area contributed by atoms with Crippen LogP contribution in [0.25, 0.3) is 11.2 Å². The molecule has 0 aliphatic carbocycles. The summed E-state index contributed by atoms with van der Waals surface area (Å²) >= 11 is 0. The van der Waals surface area contributed by atoms with Crippen molar-refractivity contribution in [2.45, 2.75) is 6.92 Å². The van der Waals surface area contributed by atoms with Crippen molar-refractivity contribution in [1.82, 2.24) is 19.5 Å². The van der Waals surface area contributed by atoms with E-state index in [1.807, 2.05) is 0 Å². The second-order valence-corrected chi connectivity index (χ2v) is 2.77. The van der Waals surface area contributed by atoms with Crippen molar-refractivity contribution in [3.05, 3.63) is 28.6 Å². The fraction of sp³-hybridized carbons (Fsp3) is 0.250. The lowest BCUT2D eigenvalue weighted by atomic mass is 10.4. The molecule has 13 heavy (non-hydrogen) atoms. The summed E-state index contributed by atoms with van der Waals surface area (Å²) in [6.45, 7) is 1.75. The lowest BCUT2D eigenvalue weighted by Gasteiger charge is -2.02. The molecule has 2 heterocycles. The summed E-state index contributed by atoms with van der Waals surface area (Å²) in [7, 11) is 1.63. The van der Waals surface area contributed by atoms with Gasteiger partial charge in [0.05, 0.1) is 5.69 Å². The first-order chi connectivity index (χ1) is 6.20. The third kappa shape index (κ3) is 1.09. The van der Waals surface area contributed by atoms with Crippen molar-refractivity contribution in [2.24, 2.45) is 7.05 Å². The fourth-order valence-corrected chi connectivity index (χ4v) is 1.19. The second kappa shape index (κ2) is 2.62. The van der Waals surface area contributed by atoms with Gasteiger partial charge in [0.1, 0.15) is 5.52 Å². The summed E-state index contributed by atoms with van der Waals surface area (Å²) in [5, 5.41) is 0. The molecular weight excluding hydrogens is 168 g/mol. The van der Waals surface area contributed by atoms with Crippen LogP contribution in [0.2, 0.25) is 0 Å². The van der Waals surface area contributed by atoms with E-state index in [-0.39, 0.29) is 5.69 Å². The first kappa shape index (κ1) is 7.85. The Hall–Kier alpha value is -1.78. The second-order valence-electron chi connectivity index (χ2n) is 2.77. The van der Waals surface area contributed by atoms with E-state index in [0.717, 1.165) is 0 Å². The average Bonchev–Trinajstić information content (AvgIpc) is 2.15. The van der Waals surface area contributed by atoms with Gasteiger partial charge in [-0.05, 0) is 6.92 Å². The summed E-state index contributed by atoms with van der Waals surface area (Å²) in [5.41, 5.74) is 1.56. The Kier molecular flexibility index (Phi) is 1.58. The maximum Gasteiger partial charge on any atom is 0.349 e. The number of rotatable bonds is 0. The molecule has 5 nitrogen and oxygen atoms in total. The zero-order valence-electron chi connectivity index (χ0n) is 7.35. The van der Waals surface area contributed by atoms with E-state index < -0.39 is 0 Å². The van der Waals surface area contributed by atoms with Gasteiger partial charge in [0.15, 0.2) is 5.65 Å². The van der Waals surface area contributed by atoms with Gasteiger partial charge >= 0.3 is 5.69 Å². The largest absolute Gasteiger partial charge is 0.349 e.